The topological polar surface area (TPSA) is 24.9 Å². The molecule has 0 saturated carbocycles. The molecule has 0 aromatic carbocycles. The van der Waals surface area contributed by atoms with E-state index in [1.54, 1.807) is 11.3 Å². The maximum absolute atomic E-state index is 4.32. The van der Waals surface area contributed by atoms with Crippen molar-refractivity contribution >= 4 is 11.3 Å². The predicted octanol–water partition coefficient (Wildman–Crippen LogP) is 4.54. The second-order valence-electron chi connectivity index (χ2n) is 4.67. The number of unbranched alkanes of at least 4 members (excludes halogenated alkanes) is 6. The van der Waals surface area contributed by atoms with Crippen molar-refractivity contribution in [2.24, 2.45) is 0 Å². The molecule has 1 rings (SSSR count). The molecule has 0 amide bonds. The Balaban J connectivity index is 1.90. The van der Waals surface area contributed by atoms with Crippen molar-refractivity contribution in [2.75, 3.05) is 6.54 Å². The van der Waals surface area contributed by atoms with E-state index in [-0.39, 0.29) is 0 Å². The number of nitrogens with zero attached hydrogens (tertiary/aromatic N) is 1. The van der Waals surface area contributed by atoms with Gasteiger partial charge in [0.1, 0.15) is 5.01 Å². The predicted molar refractivity (Wildman–Crippen MR) is 76.5 cm³/mol. The van der Waals surface area contributed by atoms with E-state index < -0.39 is 0 Å². The zero-order valence-electron chi connectivity index (χ0n) is 11.2. The van der Waals surface area contributed by atoms with Crippen LogP contribution in [0.1, 0.15) is 69.8 Å². The summed E-state index contributed by atoms with van der Waals surface area (Å²) in [7, 11) is 0. The number of thiazole rings is 1. The summed E-state index contributed by atoms with van der Waals surface area (Å²) in [5.41, 5.74) is 0. The fourth-order valence-electron chi connectivity index (χ4n) is 1.94. The van der Waals surface area contributed by atoms with Crippen LogP contribution in [-0.4, -0.2) is 11.5 Å². The molecule has 2 nitrogen and oxygen atoms in total. The molecule has 0 aliphatic carbocycles. The second-order valence-corrected chi connectivity index (χ2v) is 5.59. The van der Waals surface area contributed by atoms with Gasteiger partial charge in [0.05, 0.1) is 6.04 Å². The van der Waals surface area contributed by atoms with E-state index >= 15 is 0 Å². The molecule has 17 heavy (non-hydrogen) atoms. The minimum absolute atomic E-state index is 0.412. The lowest BCUT2D eigenvalue weighted by Gasteiger charge is -2.10. The van der Waals surface area contributed by atoms with Crippen molar-refractivity contribution in [3.05, 3.63) is 16.6 Å². The summed E-state index contributed by atoms with van der Waals surface area (Å²) in [6.07, 6.45) is 11.5. The minimum Gasteiger partial charge on any atom is -0.308 e. The summed E-state index contributed by atoms with van der Waals surface area (Å²) in [4.78, 5) is 4.32. The lowest BCUT2D eigenvalue weighted by atomic mass is 10.1. The molecular formula is C14H26N2S. The fraction of sp³-hybridized carbons (Fsp3) is 0.786. The van der Waals surface area contributed by atoms with Crippen LogP contribution in [-0.2, 0) is 0 Å². The molecular weight excluding hydrogens is 228 g/mol. The molecule has 1 unspecified atom stereocenters. The first-order chi connectivity index (χ1) is 8.34. The van der Waals surface area contributed by atoms with E-state index in [0.29, 0.717) is 6.04 Å². The van der Waals surface area contributed by atoms with Crippen molar-refractivity contribution < 1.29 is 0 Å². The highest BCUT2D eigenvalue weighted by atomic mass is 32.1. The number of hydrogen-bond donors (Lipinski definition) is 1. The smallest absolute Gasteiger partial charge is 0.109 e. The molecule has 1 atom stereocenters. The molecule has 3 heteroatoms. The normalized spacial score (nSPS) is 12.8. The van der Waals surface area contributed by atoms with E-state index in [1.165, 1.54) is 50.0 Å². The van der Waals surface area contributed by atoms with Gasteiger partial charge >= 0.3 is 0 Å². The molecule has 1 heterocycles. The third-order valence-electron chi connectivity index (χ3n) is 3.05. The maximum Gasteiger partial charge on any atom is 0.109 e. The van der Waals surface area contributed by atoms with Gasteiger partial charge < -0.3 is 5.32 Å². The van der Waals surface area contributed by atoms with Gasteiger partial charge in [-0.05, 0) is 19.9 Å². The van der Waals surface area contributed by atoms with Crippen LogP contribution in [0.3, 0.4) is 0 Å². The van der Waals surface area contributed by atoms with E-state index in [1.807, 2.05) is 11.6 Å². The summed E-state index contributed by atoms with van der Waals surface area (Å²) in [5, 5.41) is 6.78. The van der Waals surface area contributed by atoms with Gasteiger partial charge in [0, 0.05) is 11.6 Å². The Bertz CT molecular complexity index is 259. The Morgan fingerprint density at radius 3 is 2.53 bits per heavy atom. The lowest BCUT2D eigenvalue weighted by molar-refractivity contribution is 0.523. The first kappa shape index (κ1) is 14.7. The molecule has 0 aliphatic rings. The summed E-state index contributed by atoms with van der Waals surface area (Å²) in [6.45, 7) is 5.58. The van der Waals surface area contributed by atoms with Crippen molar-refractivity contribution in [2.45, 2.75) is 64.8 Å². The maximum atomic E-state index is 4.32. The van der Waals surface area contributed by atoms with Crippen molar-refractivity contribution in [1.29, 1.82) is 0 Å². The average molecular weight is 254 g/mol. The van der Waals surface area contributed by atoms with Gasteiger partial charge in [-0.25, -0.2) is 4.98 Å². The molecule has 98 valence electrons. The molecule has 0 bridgehead atoms. The molecule has 1 aromatic heterocycles. The van der Waals surface area contributed by atoms with E-state index in [2.05, 4.69) is 24.1 Å². The van der Waals surface area contributed by atoms with Gasteiger partial charge in [-0.3, -0.25) is 0 Å². The van der Waals surface area contributed by atoms with Crippen molar-refractivity contribution in [3.8, 4) is 0 Å². The minimum atomic E-state index is 0.412. The van der Waals surface area contributed by atoms with Gasteiger partial charge in [-0.15, -0.1) is 11.3 Å². The summed E-state index contributed by atoms with van der Waals surface area (Å²) in [6, 6.07) is 0.412. The van der Waals surface area contributed by atoms with Crippen LogP contribution in [0, 0.1) is 0 Å². The summed E-state index contributed by atoms with van der Waals surface area (Å²) >= 11 is 1.73. The average Bonchev–Trinajstić information content (AvgIpc) is 2.86. The van der Waals surface area contributed by atoms with Crippen LogP contribution >= 0.6 is 11.3 Å². The van der Waals surface area contributed by atoms with Gasteiger partial charge in [0.2, 0.25) is 0 Å². The van der Waals surface area contributed by atoms with E-state index in [4.69, 9.17) is 0 Å². The van der Waals surface area contributed by atoms with Gasteiger partial charge in [-0.2, -0.15) is 0 Å². The Morgan fingerprint density at radius 2 is 1.88 bits per heavy atom. The molecule has 1 aromatic rings. The fourth-order valence-corrected chi connectivity index (χ4v) is 2.61. The van der Waals surface area contributed by atoms with Gasteiger partial charge in [0.25, 0.3) is 0 Å². The highest BCUT2D eigenvalue weighted by molar-refractivity contribution is 7.09. The van der Waals surface area contributed by atoms with Crippen LogP contribution in [0.5, 0.6) is 0 Å². The largest absolute Gasteiger partial charge is 0.308 e. The van der Waals surface area contributed by atoms with Crippen LogP contribution in [0.25, 0.3) is 0 Å². The first-order valence-corrected chi connectivity index (χ1v) is 7.85. The Labute approximate surface area is 110 Å². The zero-order chi connectivity index (χ0) is 12.3. The number of rotatable bonds is 10. The van der Waals surface area contributed by atoms with Gasteiger partial charge in [0.15, 0.2) is 0 Å². The standard InChI is InChI=1S/C14H26N2S/c1-3-4-5-6-7-8-9-10-15-13(2)14-16-11-12-17-14/h11-13,15H,3-10H2,1-2H3. The Hall–Kier alpha value is -0.410. The third kappa shape index (κ3) is 6.79. The van der Waals surface area contributed by atoms with Crippen LogP contribution < -0.4 is 5.32 Å². The Kier molecular flexibility index (Phi) is 8.28. The lowest BCUT2D eigenvalue weighted by Crippen LogP contribution is -2.19. The number of hydrogen-bond acceptors (Lipinski definition) is 3. The summed E-state index contributed by atoms with van der Waals surface area (Å²) < 4.78 is 0. The highest BCUT2D eigenvalue weighted by Gasteiger charge is 2.05. The molecule has 0 radical (unpaired) electrons. The Morgan fingerprint density at radius 1 is 1.18 bits per heavy atom. The molecule has 0 aliphatic heterocycles. The van der Waals surface area contributed by atoms with E-state index in [0.717, 1.165) is 6.54 Å². The SMILES string of the molecule is CCCCCCCCCNC(C)c1nccs1. The molecule has 0 fully saturated rings. The summed E-state index contributed by atoms with van der Waals surface area (Å²) in [5.74, 6) is 0. The highest BCUT2D eigenvalue weighted by Crippen LogP contribution is 2.14. The van der Waals surface area contributed by atoms with Gasteiger partial charge in [-0.1, -0.05) is 45.4 Å². The van der Waals surface area contributed by atoms with Crippen molar-refractivity contribution in [3.63, 3.8) is 0 Å². The van der Waals surface area contributed by atoms with Crippen molar-refractivity contribution in [1.82, 2.24) is 10.3 Å². The third-order valence-corrected chi connectivity index (χ3v) is 4.01. The van der Waals surface area contributed by atoms with Crippen LogP contribution in [0.4, 0.5) is 0 Å². The molecule has 1 N–H and O–H groups in total. The molecule has 0 spiro atoms. The first-order valence-electron chi connectivity index (χ1n) is 6.97. The zero-order valence-corrected chi connectivity index (χ0v) is 12.1. The number of nitrogens with one attached hydrogen (secondary N) is 1. The number of aromatic nitrogens is 1. The monoisotopic (exact) mass is 254 g/mol. The molecule has 0 saturated heterocycles. The van der Waals surface area contributed by atoms with Crippen LogP contribution in [0.2, 0.25) is 0 Å². The quantitative estimate of drug-likeness (QED) is 0.620. The second kappa shape index (κ2) is 9.60. The van der Waals surface area contributed by atoms with E-state index in [9.17, 15) is 0 Å². The van der Waals surface area contributed by atoms with Crippen LogP contribution in [0.15, 0.2) is 11.6 Å².